The Bertz CT molecular complexity index is 430. The second-order valence-electron chi connectivity index (χ2n) is 4.18. The van der Waals surface area contributed by atoms with Crippen LogP contribution < -0.4 is 0 Å². The summed E-state index contributed by atoms with van der Waals surface area (Å²) in [6, 6.07) is 7.97. The van der Waals surface area contributed by atoms with Crippen LogP contribution in [0.15, 0.2) is 29.8 Å². The van der Waals surface area contributed by atoms with Crippen molar-refractivity contribution in [3.8, 4) is 0 Å². The van der Waals surface area contributed by atoms with Crippen LogP contribution in [0.1, 0.15) is 44.2 Å². The van der Waals surface area contributed by atoms with Crippen LogP contribution >= 0.6 is 0 Å². The molecule has 0 radical (unpaired) electrons. The van der Waals surface area contributed by atoms with Crippen molar-refractivity contribution in [2.24, 2.45) is 0 Å². The molecule has 0 aromatic heterocycles. The van der Waals surface area contributed by atoms with Crippen molar-refractivity contribution < 1.29 is 9.90 Å². The minimum atomic E-state index is -0.785. The summed E-state index contributed by atoms with van der Waals surface area (Å²) in [5.41, 5.74) is 3.74. The Kier molecular flexibility index (Phi) is 4.95. The van der Waals surface area contributed by atoms with Gasteiger partial charge in [-0.2, -0.15) is 0 Å². The van der Waals surface area contributed by atoms with E-state index >= 15 is 0 Å². The number of hydrogen-bond donors (Lipinski definition) is 1. The molecule has 0 fully saturated rings. The summed E-state index contributed by atoms with van der Waals surface area (Å²) in [5, 5.41) is 9.30. The lowest BCUT2D eigenvalue weighted by molar-refractivity contribution is -0.132. The maximum Gasteiger partial charge on any atom is 0.331 e. The number of rotatable bonds is 5. The molecule has 1 aromatic rings. The number of hydrogen-bond acceptors (Lipinski definition) is 1. The van der Waals surface area contributed by atoms with Gasteiger partial charge in [0.15, 0.2) is 0 Å². The first-order valence-electron chi connectivity index (χ1n) is 6.13. The first-order chi connectivity index (χ1) is 8.11. The number of benzene rings is 1. The highest BCUT2D eigenvalue weighted by Crippen LogP contribution is 2.27. The smallest absolute Gasteiger partial charge is 0.331 e. The lowest BCUT2D eigenvalue weighted by Crippen LogP contribution is -2.05. The molecule has 0 atom stereocenters. The summed E-state index contributed by atoms with van der Waals surface area (Å²) in [6.45, 7) is 6.05. The highest BCUT2D eigenvalue weighted by molar-refractivity contribution is 5.96. The van der Waals surface area contributed by atoms with Gasteiger partial charge in [-0.15, -0.1) is 0 Å². The standard InChI is InChI=1S/C15H20O2/c1-4-8-14(15(16)17)12(5-2)13-10-7-6-9-11(13)3/h6-7,9-10H,4-5,8H2,1-3H3,(H,16,17)/b14-12+. The molecule has 0 saturated heterocycles. The second-order valence-corrected chi connectivity index (χ2v) is 4.18. The van der Waals surface area contributed by atoms with Gasteiger partial charge in [-0.25, -0.2) is 4.79 Å². The van der Waals surface area contributed by atoms with E-state index in [0.717, 1.165) is 29.5 Å². The van der Waals surface area contributed by atoms with Crippen LogP contribution in [0.3, 0.4) is 0 Å². The van der Waals surface area contributed by atoms with Crippen molar-refractivity contribution in [2.75, 3.05) is 0 Å². The summed E-state index contributed by atoms with van der Waals surface area (Å²) in [7, 11) is 0. The summed E-state index contributed by atoms with van der Waals surface area (Å²) in [4.78, 5) is 11.3. The highest BCUT2D eigenvalue weighted by Gasteiger charge is 2.14. The molecule has 0 heterocycles. The van der Waals surface area contributed by atoms with E-state index in [1.165, 1.54) is 0 Å². The quantitative estimate of drug-likeness (QED) is 0.778. The Balaban J connectivity index is 3.33. The van der Waals surface area contributed by atoms with Crippen LogP contribution in [0.5, 0.6) is 0 Å². The fourth-order valence-electron chi connectivity index (χ4n) is 2.11. The highest BCUT2D eigenvalue weighted by atomic mass is 16.4. The Morgan fingerprint density at radius 1 is 1.24 bits per heavy atom. The lowest BCUT2D eigenvalue weighted by atomic mass is 9.92. The van der Waals surface area contributed by atoms with Crippen LogP contribution in [0.2, 0.25) is 0 Å². The van der Waals surface area contributed by atoms with Crippen LogP contribution in [-0.2, 0) is 4.79 Å². The van der Waals surface area contributed by atoms with E-state index in [4.69, 9.17) is 0 Å². The molecule has 0 spiro atoms. The number of carbonyl (C=O) groups is 1. The normalized spacial score (nSPS) is 12.2. The molecular weight excluding hydrogens is 212 g/mol. The third kappa shape index (κ3) is 3.19. The molecule has 0 amide bonds. The monoisotopic (exact) mass is 232 g/mol. The van der Waals surface area contributed by atoms with Crippen molar-refractivity contribution >= 4 is 11.5 Å². The van der Waals surface area contributed by atoms with E-state index < -0.39 is 5.97 Å². The molecule has 0 aliphatic rings. The number of aliphatic carboxylic acids is 1. The minimum absolute atomic E-state index is 0.560. The molecule has 17 heavy (non-hydrogen) atoms. The SMILES string of the molecule is CCC/C(C(=O)O)=C(/CC)c1ccccc1C. The van der Waals surface area contributed by atoms with Crippen LogP contribution in [0, 0.1) is 6.92 Å². The first-order valence-corrected chi connectivity index (χ1v) is 6.13. The van der Waals surface area contributed by atoms with Crippen molar-refractivity contribution in [2.45, 2.75) is 40.0 Å². The fourth-order valence-corrected chi connectivity index (χ4v) is 2.11. The fraction of sp³-hybridized carbons (Fsp3) is 0.400. The van der Waals surface area contributed by atoms with E-state index in [2.05, 4.69) is 0 Å². The first kappa shape index (κ1) is 13.5. The number of carboxylic acid groups (broad SMARTS) is 1. The summed E-state index contributed by atoms with van der Waals surface area (Å²) >= 11 is 0. The van der Waals surface area contributed by atoms with Gasteiger partial charge in [-0.3, -0.25) is 0 Å². The van der Waals surface area contributed by atoms with Gasteiger partial charge in [0.25, 0.3) is 0 Å². The second kappa shape index (κ2) is 6.24. The molecule has 1 N–H and O–H groups in total. The third-order valence-electron chi connectivity index (χ3n) is 2.95. The topological polar surface area (TPSA) is 37.3 Å². The van der Waals surface area contributed by atoms with Gasteiger partial charge in [-0.05, 0) is 36.5 Å². The van der Waals surface area contributed by atoms with E-state index in [1.54, 1.807) is 0 Å². The Morgan fingerprint density at radius 3 is 2.35 bits per heavy atom. The molecule has 0 unspecified atom stereocenters. The van der Waals surface area contributed by atoms with Crippen LogP contribution in [0.4, 0.5) is 0 Å². The average Bonchev–Trinajstić information content (AvgIpc) is 2.31. The lowest BCUT2D eigenvalue weighted by Gasteiger charge is -2.13. The van der Waals surface area contributed by atoms with E-state index in [1.807, 2.05) is 45.0 Å². The number of carboxylic acids is 1. The summed E-state index contributed by atoms with van der Waals surface area (Å²) in [6.07, 6.45) is 2.25. The summed E-state index contributed by atoms with van der Waals surface area (Å²) < 4.78 is 0. The zero-order chi connectivity index (χ0) is 12.8. The third-order valence-corrected chi connectivity index (χ3v) is 2.95. The van der Waals surface area contributed by atoms with Gasteiger partial charge in [0, 0.05) is 5.57 Å². The van der Waals surface area contributed by atoms with Gasteiger partial charge in [0.05, 0.1) is 0 Å². The summed E-state index contributed by atoms with van der Waals surface area (Å²) in [5.74, 6) is -0.785. The van der Waals surface area contributed by atoms with Gasteiger partial charge >= 0.3 is 5.97 Å². The molecule has 0 saturated carbocycles. The maximum atomic E-state index is 11.3. The van der Waals surface area contributed by atoms with Crippen molar-refractivity contribution in [1.82, 2.24) is 0 Å². The van der Waals surface area contributed by atoms with E-state index in [9.17, 15) is 9.90 Å². The number of aryl methyl sites for hydroxylation is 1. The molecule has 92 valence electrons. The number of allylic oxidation sites excluding steroid dienone is 1. The van der Waals surface area contributed by atoms with Crippen molar-refractivity contribution in [3.05, 3.63) is 41.0 Å². The molecule has 0 aliphatic heterocycles. The molecule has 0 bridgehead atoms. The Morgan fingerprint density at radius 2 is 1.88 bits per heavy atom. The van der Waals surface area contributed by atoms with Gasteiger partial charge in [-0.1, -0.05) is 44.5 Å². The zero-order valence-electron chi connectivity index (χ0n) is 10.8. The van der Waals surface area contributed by atoms with E-state index in [-0.39, 0.29) is 0 Å². The van der Waals surface area contributed by atoms with Gasteiger partial charge < -0.3 is 5.11 Å². The predicted octanol–water partition coefficient (Wildman–Crippen LogP) is 4.04. The van der Waals surface area contributed by atoms with Crippen molar-refractivity contribution in [1.29, 1.82) is 0 Å². The largest absolute Gasteiger partial charge is 0.478 e. The predicted molar refractivity (Wildman–Crippen MR) is 70.9 cm³/mol. The average molecular weight is 232 g/mol. The molecule has 2 heteroatoms. The zero-order valence-corrected chi connectivity index (χ0v) is 10.8. The van der Waals surface area contributed by atoms with Gasteiger partial charge in [0.1, 0.15) is 0 Å². The minimum Gasteiger partial charge on any atom is -0.478 e. The maximum absolute atomic E-state index is 11.3. The van der Waals surface area contributed by atoms with Crippen molar-refractivity contribution in [3.63, 3.8) is 0 Å². The van der Waals surface area contributed by atoms with Gasteiger partial charge in [0.2, 0.25) is 0 Å². The Hall–Kier alpha value is -1.57. The molecular formula is C15H20O2. The molecule has 0 aliphatic carbocycles. The van der Waals surface area contributed by atoms with Crippen LogP contribution in [-0.4, -0.2) is 11.1 Å². The van der Waals surface area contributed by atoms with E-state index in [0.29, 0.717) is 12.0 Å². The van der Waals surface area contributed by atoms with Crippen LogP contribution in [0.25, 0.3) is 5.57 Å². The Labute approximate surface area is 103 Å². The molecule has 1 rings (SSSR count). The molecule has 2 nitrogen and oxygen atoms in total. The molecule has 1 aromatic carbocycles.